The number of phenols is 2. The highest BCUT2D eigenvalue weighted by Crippen LogP contribution is 2.43. The number of nitrogens with one attached hydrogen (secondary N) is 2. The molecule has 38 heavy (non-hydrogen) atoms. The van der Waals surface area contributed by atoms with Gasteiger partial charge < -0.3 is 25.4 Å². The monoisotopic (exact) mass is 541 g/mol. The van der Waals surface area contributed by atoms with Gasteiger partial charge in [-0.15, -0.1) is 0 Å². The average Bonchev–Trinajstić information content (AvgIpc) is 3.32. The third-order valence-corrected chi connectivity index (χ3v) is 8.74. The van der Waals surface area contributed by atoms with Crippen LogP contribution in [0.1, 0.15) is 73.3 Å². The van der Waals surface area contributed by atoms with Crippen molar-refractivity contribution < 1.29 is 27.9 Å². The molecule has 1 unspecified atom stereocenters. The van der Waals surface area contributed by atoms with Crippen LogP contribution in [0.2, 0.25) is 0 Å². The molecule has 204 valence electrons. The van der Waals surface area contributed by atoms with Gasteiger partial charge in [0.1, 0.15) is 21.3 Å². The predicted molar refractivity (Wildman–Crippen MR) is 146 cm³/mol. The number of hydrogen-bond donors (Lipinski definition) is 4. The summed E-state index contributed by atoms with van der Waals surface area (Å²) in [6, 6.07) is 8.65. The van der Waals surface area contributed by atoms with Crippen molar-refractivity contribution in [2.24, 2.45) is 0 Å². The van der Waals surface area contributed by atoms with E-state index in [1.165, 1.54) is 6.07 Å². The lowest BCUT2D eigenvalue weighted by atomic mass is 9.88. The molecule has 1 aliphatic heterocycles. The zero-order valence-electron chi connectivity index (χ0n) is 22.2. The van der Waals surface area contributed by atoms with E-state index in [9.17, 15) is 23.4 Å². The van der Waals surface area contributed by atoms with Crippen LogP contribution >= 0.6 is 0 Å². The molecule has 3 aromatic rings. The van der Waals surface area contributed by atoms with E-state index >= 15 is 0 Å². The summed E-state index contributed by atoms with van der Waals surface area (Å²) in [6.45, 7) is 8.42. The van der Waals surface area contributed by atoms with E-state index in [0.717, 1.165) is 17.5 Å². The van der Waals surface area contributed by atoms with Crippen LogP contribution in [0.5, 0.6) is 11.5 Å². The maximum Gasteiger partial charge on any atom is 0.274 e. The highest BCUT2D eigenvalue weighted by Gasteiger charge is 2.29. The molecular formula is C28H35N3O6S. The van der Waals surface area contributed by atoms with E-state index < -0.39 is 15.7 Å². The summed E-state index contributed by atoms with van der Waals surface area (Å²) < 4.78 is 29.9. The third-order valence-electron chi connectivity index (χ3n) is 7.01. The number of sulfone groups is 1. The van der Waals surface area contributed by atoms with Gasteiger partial charge >= 0.3 is 0 Å². The van der Waals surface area contributed by atoms with E-state index in [1.54, 1.807) is 13.0 Å². The first-order valence-corrected chi connectivity index (χ1v) is 14.8. The van der Waals surface area contributed by atoms with Crippen LogP contribution in [0.3, 0.4) is 0 Å². The molecule has 1 atom stereocenters. The fraction of sp³-hybridized carbons (Fsp3) is 0.429. The SMILES string of the molecule is CCNC(=O)c1noc(-c2cc(C(C)C)c(O)cc2O)c1-c1ccc2c(c1)CCNC2CCS(=O)(=O)CC. The number of hydrogen-bond acceptors (Lipinski definition) is 8. The molecule has 0 bridgehead atoms. The number of rotatable bonds is 9. The quantitative estimate of drug-likeness (QED) is 0.314. The smallest absolute Gasteiger partial charge is 0.274 e. The molecule has 0 spiro atoms. The fourth-order valence-electron chi connectivity index (χ4n) is 4.89. The van der Waals surface area contributed by atoms with Crippen molar-refractivity contribution in [1.82, 2.24) is 15.8 Å². The Hall–Kier alpha value is -3.37. The predicted octanol–water partition coefficient (Wildman–Crippen LogP) is 4.30. The lowest BCUT2D eigenvalue weighted by Crippen LogP contribution is -2.31. The summed E-state index contributed by atoms with van der Waals surface area (Å²) in [5.74, 6) is -0.180. The fourth-order valence-corrected chi connectivity index (χ4v) is 5.77. The second-order valence-electron chi connectivity index (χ2n) is 9.87. The number of amides is 1. The molecule has 2 aromatic carbocycles. The molecule has 4 rings (SSSR count). The van der Waals surface area contributed by atoms with Crippen LogP contribution in [-0.2, 0) is 16.3 Å². The summed E-state index contributed by atoms with van der Waals surface area (Å²) in [7, 11) is -3.09. The van der Waals surface area contributed by atoms with Gasteiger partial charge in [0.2, 0.25) is 0 Å². The first-order valence-electron chi connectivity index (χ1n) is 13.0. The Kier molecular flexibility index (Phi) is 8.13. The van der Waals surface area contributed by atoms with Crippen molar-refractivity contribution in [3.05, 3.63) is 52.7 Å². The molecule has 0 fully saturated rings. The molecule has 1 aromatic heterocycles. The third kappa shape index (κ3) is 5.56. The second kappa shape index (κ2) is 11.2. The van der Waals surface area contributed by atoms with E-state index in [4.69, 9.17) is 4.52 Å². The first-order chi connectivity index (χ1) is 18.1. The van der Waals surface area contributed by atoms with Gasteiger partial charge in [0, 0.05) is 24.4 Å². The van der Waals surface area contributed by atoms with Gasteiger partial charge in [-0.05, 0) is 60.5 Å². The van der Waals surface area contributed by atoms with Crippen molar-refractivity contribution in [3.8, 4) is 33.9 Å². The van der Waals surface area contributed by atoms with Crippen LogP contribution in [0.4, 0.5) is 0 Å². The number of phenolic OH excluding ortho intramolecular Hbond substituents is 2. The van der Waals surface area contributed by atoms with E-state index in [0.29, 0.717) is 41.8 Å². The highest BCUT2D eigenvalue weighted by molar-refractivity contribution is 7.91. The molecule has 9 nitrogen and oxygen atoms in total. The molecule has 0 radical (unpaired) electrons. The Morgan fingerprint density at radius 1 is 1.18 bits per heavy atom. The van der Waals surface area contributed by atoms with Crippen LogP contribution in [0.15, 0.2) is 34.9 Å². The van der Waals surface area contributed by atoms with Crippen molar-refractivity contribution in [2.45, 2.75) is 52.5 Å². The van der Waals surface area contributed by atoms with Crippen molar-refractivity contribution >= 4 is 15.7 Å². The van der Waals surface area contributed by atoms with E-state index in [1.807, 2.05) is 39.0 Å². The lowest BCUT2D eigenvalue weighted by Gasteiger charge is -2.27. The van der Waals surface area contributed by atoms with Crippen molar-refractivity contribution in [3.63, 3.8) is 0 Å². The minimum atomic E-state index is -3.09. The van der Waals surface area contributed by atoms with Crippen molar-refractivity contribution in [2.75, 3.05) is 24.6 Å². The largest absolute Gasteiger partial charge is 0.508 e. The minimum Gasteiger partial charge on any atom is -0.508 e. The first kappa shape index (κ1) is 27.7. The summed E-state index contributed by atoms with van der Waals surface area (Å²) in [5, 5.41) is 31.3. The number of aromatic nitrogens is 1. The Morgan fingerprint density at radius 3 is 2.63 bits per heavy atom. The Balaban J connectivity index is 1.82. The molecule has 0 saturated carbocycles. The molecule has 0 saturated heterocycles. The maximum absolute atomic E-state index is 12.9. The van der Waals surface area contributed by atoms with E-state index in [2.05, 4.69) is 15.8 Å². The topological polar surface area (TPSA) is 142 Å². The molecule has 1 aliphatic rings. The summed E-state index contributed by atoms with van der Waals surface area (Å²) in [5.41, 5.74) is 4.26. The number of benzene rings is 2. The molecule has 4 N–H and O–H groups in total. The maximum atomic E-state index is 12.9. The van der Waals surface area contributed by atoms with Gasteiger partial charge in [-0.2, -0.15) is 0 Å². The van der Waals surface area contributed by atoms with Gasteiger partial charge in [0.15, 0.2) is 11.5 Å². The lowest BCUT2D eigenvalue weighted by molar-refractivity contribution is 0.0947. The van der Waals surface area contributed by atoms with E-state index in [-0.39, 0.29) is 46.4 Å². The van der Waals surface area contributed by atoms with Crippen LogP contribution in [0.25, 0.3) is 22.5 Å². The normalized spacial score (nSPS) is 15.4. The van der Waals surface area contributed by atoms with Gasteiger partial charge in [-0.3, -0.25) is 4.79 Å². The number of carbonyl (C=O) groups excluding carboxylic acids is 1. The number of aromatic hydroxyl groups is 2. The van der Waals surface area contributed by atoms with Crippen LogP contribution in [-0.4, -0.2) is 54.3 Å². The zero-order valence-corrected chi connectivity index (χ0v) is 23.0. The van der Waals surface area contributed by atoms with Gasteiger partial charge in [-0.1, -0.05) is 44.1 Å². The standard InChI is InChI=1S/C28H35N3O6S/c1-5-29-28(34)26-25(27(37-31-26)21-14-20(16(3)4)23(32)15-24(21)33)18-7-8-19-17(13-18)9-11-30-22(19)10-12-38(35,36)6-2/h7-8,13-16,22,30,32-33H,5-6,9-12H2,1-4H3,(H,29,34). The Morgan fingerprint density at radius 2 is 1.95 bits per heavy atom. The van der Waals surface area contributed by atoms with Crippen molar-refractivity contribution in [1.29, 1.82) is 0 Å². The molecular weight excluding hydrogens is 506 g/mol. The zero-order chi connectivity index (χ0) is 27.6. The average molecular weight is 542 g/mol. The number of carbonyl (C=O) groups is 1. The second-order valence-corrected chi connectivity index (χ2v) is 12.3. The highest BCUT2D eigenvalue weighted by atomic mass is 32.2. The van der Waals surface area contributed by atoms with Crippen LogP contribution < -0.4 is 10.6 Å². The molecule has 1 amide bonds. The Labute approximate surface area is 223 Å². The molecule has 0 aliphatic carbocycles. The van der Waals surface area contributed by atoms with Gasteiger partial charge in [0.25, 0.3) is 5.91 Å². The summed E-state index contributed by atoms with van der Waals surface area (Å²) in [6.07, 6.45) is 1.21. The summed E-state index contributed by atoms with van der Waals surface area (Å²) >= 11 is 0. The summed E-state index contributed by atoms with van der Waals surface area (Å²) in [4.78, 5) is 12.9. The number of fused-ring (bicyclic) bond motifs is 1. The minimum absolute atomic E-state index is 0.0201. The molecule has 10 heteroatoms. The van der Waals surface area contributed by atoms with Gasteiger partial charge in [0.05, 0.1) is 16.9 Å². The van der Waals surface area contributed by atoms with Crippen LogP contribution in [0, 0.1) is 0 Å². The van der Waals surface area contributed by atoms with Gasteiger partial charge in [-0.25, -0.2) is 8.42 Å². The number of nitrogens with zero attached hydrogens (tertiary/aromatic N) is 1. The molecule has 2 heterocycles. The Bertz CT molecular complexity index is 1450.